The zero-order valence-corrected chi connectivity index (χ0v) is 38.6. The lowest BCUT2D eigenvalue weighted by Crippen LogP contribution is -2.14. The third-order valence-corrected chi connectivity index (χ3v) is 14.6. The van der Waals surface area contributed by atoms with Gasteiger partial charge in [0, 0.05) is 38.8 Å². The molecule has 0 N–H and O–H groups in total. The maximum absolute atomic E-state index is 2.43. The van der Waals surface area contributed by atoms with Gasteiger partial charge in [-0.1, -0.05) is 202 Å². The molecule has 0 amide bonds. The second-order valence-electron chi connectivity index (χ2n) is 18.9. The highest BCUT2D eigenvalue weighted by Gasteiger charge is 2.35. The minimum Gasteiger partial charge on any atom is -0.310 e. The van der Waals surface area contributed by atoms with Crippen molar-refractivity contribution in [1.82, 2.24) is 4.57 Å². The van der Waals surface area contributed by atoms with Crippen molar-refractivity contribution in [2.24, 2.45) is 0 Å². The van der Waals surface area contributed by atoms with Gasteiger partial charge in [-0.15, -0.1) is 0 Å². The second kappa shape index (κ2) is 16.3. The Morgan fingerprint density at radius 3 is 1.58 bits per heavy atom. The smallest absolute Gasteiger partial charge is 0.0541 e. The molecular formula is C67H48N2. The molecular weight excluding hydrogens is 833 g/mol. The van der Waals surface area contributed by atoms with Crippen LogP contribution < -0.4 is 4.90 Å². The first kappa shape index (κ1) is 40.5. The molecule has 0 aliphatic heterocycles. The van der Waals surface area contributed by atoms with E-state index in [1.807, 2.05) is 0 Å². The fraction of sp³-hybridized carbons (Fsp3) is 0.0448. The summed E-state index contributed by atoms with van der Waals surface area (Å²) in [6.45, 7) is 4.71. The van der Waals surface area contributed by atoms with Crippen LogP contribution in [0, 0.1) is 0 Å². The normalized spacial score (nSPS) is 12.6. The van der Waals surface area contributed by atoms with E-state index in [-0.39, 0.29) is 5.41 Å². The van der Waals surface area contributed by atoms with Crippen LogP contribution in [0.1, 0.15) is 25.0 Å². The van der Waals surface area contributed by atoms with Crippen LogP contribution >= 0.6 is 0 Å². The van der Waals surface area contributed by atoms with Crippen molar-refractivity contribution in [3.63, 3.8) is 0 Å². The lowest BCUT2D eigenvalue weighted by atomic mass is 9.81. The van der Waals surface area contributed by atoms with Gasteiger partial charge in [0.15, 0.2) is 0 Å². The lowest BCUT2D eigenvalue weighted by Gasteiger charge is -2.29. The zero-order chi connectivity index (χ0) is 46.1. The van der Waals surface area contributed by atoms with Gasteiger partial charge in [-0.2, -0.15) is 0 Å². The van der Waals surface area contributed by atoms with E-state index in [1.54, 1.807) is 0 Å². The van der Waals surface area contributed by atoms with E-state index in [0.717, 1.165) is 45.0 Å². The molecule has 0 spiro atoms. The Morgan fingerprint density at radius 2 is 0.826 bits per heavy atom. The number of hydrogen-bond acceptors (Lipinski definition) is 1. The average Bonchev–Trinajstić information content (AvgIpc) is 3.87. The number of para-hydroxylation sites is 2. The number of fused-ring (bicyclic) bond motifs is 7. The Labute approximate surface area is 403 Å². The summed E-state index contributed by atoms with van der Waals surface area (Å²) in [5.74, 6) is 0. The molecule has 1 aliphatic rings. The van der Waals surface area contributed by atoms with Gasteiger partial charge < -0.3 is 9.47 Å². The van der Waals surface area contributed by atoms with Crippen molar-refractivity contribution in [3.8, 4) is 61.3 Å². The molecule has 1 aromatic heterocycles. The van der Waals surface area contributed by atoms with Crippen LogP contribution in [0.5, 0.6) is 0 Å². The highest BCUT2D eigenvalue weighted by atomic mass is 15.1. The molecule has 0 saturated carbocycles. The zero-order valence-electron chi connectivity index (χ0n) is 38.6. The van der Waals surface area contributed by atoms with Crippen LogP contribution in [0.3, 0.4) is 0 Å². The molecule has 13 rings (SSSR count). The summed E-state index contributed by atoms with van der Waals surface area (Å²) in [4.78, 5) is 2.43. The standard InChI is InChI=1S/C67H48N2/c1-67(2)62-27-11-8-23-57(62)58-40-34-51(44-63(58)67)45-30-36-52(37-31-45)68(53-38-32-48(33-39-53)56-26-15-19-46-18-6-7-22-55(46)56)66-41-35-50(43-61(66)47-16-4-3-5-17-47)49-20-14-21-54(42-49)69-64-28-12-9-24-59(64)60-25-10-13-29-65(60)69/h3-44H,1-2H3. The van der Waals surface area contributed by atoms with Gasteiger partial charge in [-0.3, -0.25) is 0 Å². The predicted molar refractivity (Wildman–Crippen MR) is 292 cm³/mol. The van der Waals surface area contributed by atoms with E-state index in [4.69, 9.17) is 0 Å². The number of benzene rings is 11. The summed E-state index contributed by atoms with van der Waals surface area (Å²) in [5.41, 5.74) is 21.7. The van der Waals surface area contributed by atoms with Crippen LogP contribution in [-0.2, 0) is 5.41 Å². The Bertz CT molecular complexity index is 3850. The summed E-state index contributed by atoms with van der Waals surface area (Å²) >= 11 is 0. The van der Waals surface area contributed by atoms with Crippen molar-refractivity contribution in [3.05, 3.63) is 266 Å². The van der Waals surface area contributed by atoms with E-state index in [1.165, 1.54) is 77.1 Å². The molecule has 0 atom stereocenters. The minimum absolute atomic E-state index is 0.0662. The largest absolute Gasteiger partial charge is 0.310 e. The van der Waals surface area contributed by atoms with Gasteiger partial charge in [0.2, 0.25) is 0 Å². The van der Waals surface area contributed by atoms with Gasteiger partial charge in [0.1, 0.15) is 0 Å². The van der Waals surface area contributed by atoms with Crippen molar-refractivity contribution in [2.45, 2.75) is 19.3 Å². The Kier molecular flexibility index (Phi) is 9.55. The third kappa shape index (κ3) is 6.79. The van der Waals surface area contributed by atoms with Crippen molar-refractivity contribution < 1.29 is 0 Å². The molecule has 0 radical (unpaired) electrons. The molecule has 1 heterocycles. The number of hydrogen-bond donors (Lipinski definition) is 0. The van der Waals surface area contributed by atoms with Crippen LogP contribution in [0.15, 0.2) is 255 Å². The molecule has 2 heteroatoms. The Morgan fingerprint density at radius 1 is 0.319 bits per heavy atom. The maximum atomic E-state index is 2.43. The molecule has 0 bridgehead atoms. The van der Waals surface area contributed by atoms with Crippen LogP contribution in [0.25, 0.3) is 93.9 Å². The molecule has 0 saturated heterocycles. The molecule has 0 fully saturated rings. The van der Waals surface area contributed by atoms with Crippen molar-refractivity contribution in [1.29, 1.82) is 0 Å². The van der Waals surface area contributed by atoms with Crippen LogP contribution in [0.2, 0.25) is 0 Å². The summed E-state index contributed by atoms with van der Waals surface area (Å²) in [7, 11) is 0. The number of nitrogens with zero attached hydrogens (tertiary/aromatic N) is 2. The quantitative estimate of drug-likeness (QED) is 0.148. The molecule has 12 aromatic rings. The van der Waals surface area contributed by atoms with Gasteiger partial charge in [-0.05, 0) is 139 Å². The molecule has 69 heavy (non-hydrogen) atoms. The van der Waals surface area contributed by atoms with Gasteiger partial charge in [0.05, 0.1) is 16.7 Å². The third-order valence-electron chi connectivity index (χ3n) is 14.6. The minimum atomic E-state index is -0.0662. The van der Waals surface area contributed by atoms with Crippen LogP contribution in [0.4, 0.5) is 17.1 Å². The summed E-state index contributed by atoms with van der Waals surface area (Å²) < 4.78 is 2.40. The monoisotopic (exact) mass is 880 g/mol. The average molecular weight is 881 g/mol. The summed E-state index contributed by atoms with van der Waals surface area (Å²) in [6.07, 6.45) is 0. The number of aromatic nitrogens is 1. The highest BCUT2D eigenvalue weighted by molar-refractivity contribution is 6.09. The molecule has 11 aromatic carbocycles. The molecule has 326 valence electrons. The van der Waals surface area contributed by atoms with E-state index < -0.39 is 0 Å². The Hall–Kier alpha value is -8.72. The number of rotatable bonds is 8. The maximum Gasteiger partial charge on any atom is 0.0541 e. The molecule has 2 nitrogen and oxygen atoms in total. The highest BCUT2D eigenvalue weighted by Crippen LogP contribution is 2.50. The van der Waals surface area contributed by atoms with E-state index in [0.29, 0.717) is 0 Å². The first-order valence-corrected chi connectivity index (χ1v) is 24.0. The van der Waals surface area contributed by atoms with Crippen LogP contribution in [-0.4, -0.2) is 4.57 Å². The van der Waals surface area contributed by atoms with Crippen molar-refractivity contribution >= 4 is 49.6 Å². The Balaban J connectivity index is 0.944. The first-order chi connectivity index (χ1) is 34.0. The second-order valence-corrected chi connectivity index (χ2v) is 18.9. The fourth-order valence-electron chi connectivity index (χ4n) is 11.2. The molecule has 1 aliphatic carbocycles. The van der Waals surface area contributed by atoms with Gasteiger partial charge in [0.25, 0.3) is 0 Å². The fourth-order valence-corrected chi connectivity index (χ4v) is 11.2. The van der Waals surface area contributed by atoms with E-state index in [2.05, 4.69) is 278 Å². The molecule has 0 unspecified atom stereocenters. The summed E-state index contributed by atoms with van der Waals surface area (Å²) in [6, 6.07) is 93.7. The topological polar surface area (TPSA) is 8.17 Å². The first-order valence-electron chi connectivity index (χ1n) is 24.0. The van der Waals surface area contributed by atoms with E-state index in [9.17, 15) is 0 Å². The van der Waals surface area contributed by atoms with Gasteiger partial charge >= 0.3 is 0 Å². The number of anilines is 3. The summed E-state index contributed by atoms with van der Waals surface area (Å²) in [5, 5.41) is 5.01. The lowest BCUT2D eigenvalue weighted by molar-refractivity contribution is 0.660. The van der Waals surface area contributed by atoms with E-state index >= 15 is 0 Å². The van der Waals surface area contributed by atoms with Gasteiger partial charge in [-0.25, -0.2) is 0 Å². The van der Waals surface area contributed by atoms with Crippen molar-refractivity contribution in [2.75, 3.05) is 4.90 Å². The SMILES string of the molecule is CC1(C)c2ccccc2-c2ccc(-c3ccc(N(c4ccc(-c5cccc6ccccc56)cc4)c4ccc(-c5cccc(-n6c7ccccc7c7ccccc76)c5)cc4-c4ccccc4)cc3)cc21. The predicted octanol–water partition coefficient (Wildman–Crippen LogP) is 18.4.